The lowest BCUT2D eigenvalue weighted by Crippen LogP contribution is -2.52. The van der Waals surface area contributed by atoms with E-state index in [1.54, 1.807) is 36.5 Å². The molecule has 1 saturated heterocycles. The maximum absolute atomic E-state index is 12.8. The number of aromatic amines is 1. The van der Waals surface area contributed by atoms with Gasteiger partial charge >= 0.3 is 0 Å². The highest BCUT2D eigenvalue weighted by atomic mass is 16.2. The number of imide groups is 1. The second kappa shape index (κ2) is 7.31. The number of aromatic nitrogens is 2. The zero-order chi connectivity index (χ0) is 22.4. The van der Waals surface area contributed by atoms with Crippen LogP contribution in [0.5, 0.6) is 0 Å². The molecule has 3 N–H and O–H groups in total. The molecule has 3 aromatic rings. The number of hydrogen-bond donors (Lipinski definition) is 3. The van der Waals surface area contributed by atoms with Gasteiger partial charge in [-0.05, 0) is 42.3 Å². The predicted molar refractivity (Wildman–Crippen MR) is 111 cm³/mol. The van der Waals surface area contributed by atoms with E-state index in [1.165, 1.54) is 4.90 Å². The molecule has 2 aliphatic heterocycles. The number of hydrogen-bond acceptors (Lipinski definition) is 6. The van der Waals surface area contributed by atoms with Crippen molar-refractivity contribution in [1.82, 2.24) is 20.2 Å². The lowest BCUT2D eigenvalue weighted by Gasteiger charge is -2.29. The van der Waals surface area contributed by atoms with Gasteiger partial charge in [0.05, 0.1) is 5.56 Å². The molecule has 1 atom stereocenters. The first kappa shape index (κ1) is 19.4. The molecular weight excluding hydrogens is 412 g/mol. The molecule has 2 aliphatic rings. The fraction of sp³-hybridized carbons (Fsp3) is 0.182. The van der Waals surface area contributed by atoms with Crippen molar-refractivity contribution in [1.29, 1.82) is 5.26 Å². The summed E-state index contributed by atoms with van der Waals surface area (Å²) in [4.78, 5) is 57.6. The number of rotatable bonds is 3. The van der Waals surface area contributed by atoms with Gasteiger partial charge in [0.15, 0.2) is 0 Å². The number of nitrogens with zero attached hydrogens (tertiary/aromatic N) is 3. The zero-order valence-electron chi connectivity index (χ0n) is 16.6. The minimum atomic E-state index is -0.706. The van der Waals surface area contributed by atoms with Gasteiger partial charge in [0, 0.05) is 35.8 Å². The van der Waals surface area contributed by atoms with Gasteiger partial charge in [-0.1, -0.05) is 0 Å². The molecule has 1 aromatic carbocycles. The molecule has 2 aromatic heterocycles. The van der Waals surface area contributed by atoms with Crippen LogP contribution in [-0.2, 0) is 16.1 Å². The first-order chi connectivity index (χ1) is 15.5. The molecule has 5 rings (SSSR count). The summed E-state index contributed by atoms with van der Waals surface area (Å²) in [5, 5.41) is 15.1. The molecule has 10 nitrogen and oxygen atoms in total. The second-order valence-corrected chi connectivity index (χ2v) is 7.61. The van der Waals surface area contributed by atoms with Crippen LogP contribution >= 0.6 is 0 Å². The van der Waals surface area contributed by atoms with Gasteiger partial charge in [-0.25, -0.2) is 4.98 Å². The number of nitrogens with one attached hydrogen (secondary N) is 3. The molecule has 4 amide bonds. The van der Waals surface area contributed by atoms with Crippen LogP contribution in [0.2, 0.25) is 0 Å². The number of piperidine rings is 1. The number of amides is 4. The monoisotopic (exact) mass is 428 g/mol. The van der Waals surface area contributed by atoms with Crippen LogP contribution in [0.25, 0.3) is 11.0 Å². The van der Waals surface area contributed by atoms with Gasteiger partial charge in [0.25, 0.3) is 11.8 Å². The van der Waals surface area contributed by atoms with Crippen molar-refractivity contribution in [3.05, 3.63) is 58.9 Å². The molecule has 0 bridgehead atoms. The number of fused-ring (bicyclic) bond motifs is 2. The van der Waals surface area contributed by atoms with E-state index in [0.29, 0.717) is 27.8 Å². The predicted octanol–water partition coefficient (Wildman–Crippen LogP) is 1.45. The Balaban J connectivity index is 1.38. The average molecular weight is 428 g/mol. The lowest BCUT2D eigenvalue weighted by atomic mass is 10.0. The quantitative estimate of drug-likeness (QED) is 0.538. The average Bonchev–Trinajstić information content (AvgIpc) is 3.31. The summed E-state index contributed by atoms with van der Waals surface area (Å²) in [5.41, 5.74) is 2.29. The molecule has 158 valence electrons. The van der Waals surface area contributed by atoms with Crippen LogP contribution in [0.15, 0.2) is 36.5 Å². The molecule has 0 radical (unpaired) electrons. The molecule has 1 fully saturated rings. The fourth-order valence-corrected chi connectivity index (χ4v) is 4.15. The maximum Gasteiger partial charge on any atom is 0.273 e. The fourth-order valence-electron chi connectivity index (χ4n) is 4.15. The van der Waals surface area contributed by atoms with E-state index in [1.807, 2.05) is 6.07 Å². The summed E-state index contributed by atoms with van der Waals surface area (Å²) >= 11 is 0. The molecule has 0 saturated carbocycles. The van der Waals surface area contributed by atoms with Gasteiger partial charge in [-0.3, -0.25) is 24.5 Å². The minimum absolute atomic E-state index is 0.0999. The first-order valence-corrected chi connectivity index (χ1v) is 9.92. The van der Waals surface area contributed by atoms with Crippen LogP contribution in [0.1, 0.15) is 44.8 Å². The maximum atomic E-state index is 12.8. The molecule has 32 heavy (non-hydrogen) atoms. The van der Waals surface area contributed by atoms with E-state index < -0.39 is 17.9 Å². The van der Waals surface area contributed by atoms with Gasteiger partial charge in [-0.2, -0.15) is 5.26 Å². The van der Waals surface area contributed by atoms with E-state index >= 15 is 0 Å². The van der Waals surface area contributed by atoms with Crippen molar-refractivity contribution in [3.8, 4) is 6.07 Å². The molecule has 4 heterocycles. The van der Waals surface area contributed by atoms with Gasteiger partial charge in [0.2, 0.25) is 11.8 Å². The highest BCUT2D eigenvalue weighted by molar-refractivity contribution is 6.09. The van der Waals surface area contributed by atoms with Crippen LogP contribution in [-0.4, -0.2) is 44.5 Å². The van der Waals surface area contributed by atoms with E-state index in [0.717, 1.165) is 0 Å². The van der Waals surface area contributed by atoms with Crippen LogP contribution in [0.3, 0.4) is 0 Å². The largest absolute Gasteiger partial charge is 0.334 e. The SMILES string of the molecule is N#Cc1c(C(=O)Nc2ccc3c(c2)CN(C2CCC(=O)NC2=O)C3=O)[nH]c2ncccc12. The third-order valence-electron chi connectivity index (χ3n) is 5.69. The highest BCUT2D eigenvalue weighted by Gasteiger charge is 2.39. The smallest absolute Gasteiger partial charge is 0.273 e. The normalized spacial score (nSPS) is 17.8. The third-order valence-corrected chi connectivity index (χ3v) is 5.69. The Morgan fingerprint density at radius 3 is 2.88 bits per heavy atom. The van der Waals surface area contributed by atoms with E-state index in [-0.39, 0.29) is 42.5 Å². The lowest BCUT2D eigenvalue weighted by molar-refractivity contribution is -0.136. The first-order valence-electron chi connectivity index (χ1n) is 9.92. The number of benzene rings is 1. The molecular formula is C22H16N6O4. The summed E-state index contributed by atoms with van der Waals surface area (Å²) in [6.45, 7) is 0.198. The Bertz CT molecular complexity index is 1370. The number of carbonyl (C=O) groups is 4. The molecule has 0 aliphatic carbocycles. The topological polar surface area (TPSA) is 148 Å². The third kappa shape index (κ3) is 3.07. The van der Waals surface area contributed by atoms with Gasteiger partial charge < -0.3 is 15.2 Å². The number of carbonyl (C=O) groups excluding carboxylic acids is 4. The summed E-state index contributed by atoms with van der Waals surface area (Å²) in [7, 11) is 0. The second-order valence-electron chi connectivity index (χ2n) is 7.61. The number of H-pyrrole nitrogens is 1. The molecule has 1 unspecified atom stereocenters. The van der Waals surface area contributed by atoms with Crippen LogP contribution < -0.4 is 10.6 Å². The number of pyridine rings is 1. The van der Waals surface area contributed by atoms with Crippen molar-refractivity contribution in [2.75, 3.05) is 5.32 Å². The molecule has 10 heteroatoms. The van der Waals surface area contributed by atoms with E-state index in [9.17, 15) is 24.4 Å². The van der Waals surface area contributed by atoms with Crippen LogP contribution in [0, 0.1) is 11.3 Å². The van der Waals surface area contributed by atoms with Crippen molar-refractivity contribution < 1.29 is 19.2 Å². The van der Waals surface area contributed by atoms with E-state index in [2.05, 4.69) is 20.6 Å². The minimum Gasteiger partial charge on any atom is -0.334 e. The van der Waals surface area contributed by atoms with Crippen molar-refractivity contribution in [2.45, 2.75) is 25.4 Å². The Morgan fingerprint density at radius 2 is 2.09 bits per heavy atom. The number of anilines is 1. The van der Waals surface area contributed by atoms with Crippen LogP contribution in [0.4, 0.5) is 5.69 Å². The Labute approximate surface area is 181 Å². The van der Waals surface area contributed by atoms with Gasteiger partial charge in [0.1, 0.15) is 23.5 Å². The van der Waals surface area contributed by atoms with Gasteiger partial charge in [-0.15, -0.1) is 0 Å². The van der Waals surface area contributed by atoms with Crippen molar-refractivity contribution in [3.63, 3.8) is 0 Å². The summed E-state index contributed by atoms with van der Waals surface area (Å²) in [5.74, 6) is -1.62. The summed E-state index contributed by atoms with van der Waals surface area (Å²) in [6.07, 6.45) is 2.02. The summed E-state index contributed by atoms with van der Waals surface area (Å²) in [6, 6.07) is 9.58. The molecule has 0 spiro atoms. The standard InChI is InChI=1S/C22H16N6O4/c23-9-15-14-2-1-7-24-19(14)27-18(15)21(31)25-12-3-4-13-11(8-12)10-28(22(13)32)16-5-6-17(29)26-20(16)30/h1-4,7-8,16H,5-6,10H2,(H,24,27)(H,25,31)(H,26,29,30). The Hall–Kier alpha value is -4.52. The Kier molecular flexibility index (Phi) is 4.44. The highest BCUT2D eigenvalue weighted by Crippen LogP contribution is 2.30. The van der Waals surface area contributed by atoms with E-state index in [4.69, 9.17) is 0 Å². The number of nitriles is 1. The Morgan fingerprint density at radius 1 is 1.25 bits per heavy atom. The van der Waals surface area contributed by atoms with Crippen molar-refractivity contribution in [2.24, 2.45) is 0 Å². The van der Waals surface area contributed by atoms with Crippen molar-refractivity contribution >= 4 is 40.3 Å². The summed E-state index contributed by atoms with van der Waals surface area (Å²) < 4.78 is 0. The zero-order valence-corrected chi connectivity index (χ0v) is 16.6.